The fourth-order valence-corrected chi connectivity index (χ4v) is 5.89. The largest absolute Gasteiger partial charge is 0.463 e. The summed E-state index contributed by atoms with van der Waals surface area (Å²) < 4.78 is 23.8. The molecule has 1 atom stereocenters. The Kier molecular flexibility index (Phi) is 10.9. The van der Waals surface area contributed by atoms with E-state index in [9.17, 15) is 9.36 Å². The van der Waals surface area contributed by atoms with Crippen LogP contribution in [0.4, 0.5) is 0 Å². The van der Waals surface area contributed by atoms with Crippen molar-refractivity contribution in [2.75, 3.05) is 31.3 Å². The molecule has 0 spiro atoms. The van der Waals surface area contributed by atoms with E-state index in [1.165, 1.54) is 0 Å². The highest BCUT2D eigenvalue weighted by Gasteiger charge is 2.28. The quantitative estimate of drug-likeness (QED) is 0.174. The molecule has 1 heterocycles. The maximum absolute atomic E-state index is 13.1. The molecule has 1 rings (SSSR count). The summed E-state index contributed by atoms with van der Waals surface area (Å²) in [6, 6.07) is 0. The minimum atomic E-state index is -2.90. The number of rotatable bonds is 13. The zero-order chi connectivity index (χ0) is 19.4. The van der Waals surface area contributed by atoms with Gasteiger partial charge in [-0.25, -0.2) is 4.79 Å². The Morgan fingerprint density at radius 1 is 1.38 bits per heavy atom. The number of thioether (sulfide) groups is 1. The lowest BCUT2D eigenvalue weighted by Crippen LogP contribution is -2.14. The van der Waals surface area contributed by atoms with Crippen LogP contribution in [0.25, 0.3) is 0 Å². The smallest absolute Gasteiger partial charge is 0.334 e. The van der Waals surface area contributed by atoms with Gasteiger partial charge in [-0.15, -0.1) is 16.9 Å². The van der Waals surface area contributed by atoms with Gasteiger partial charge >= 0.3 is 5.97 Å². The van der Waals surface area contributed by atoms with Gasteiger partial charge in [0, 0.05) is 11.7 Å². The highest BCUT2D eigenvalue weighted by atomic mass is 32.2. The van der Waals surface area contributed by atoms with Gasteiger partial charge in [0.15, 0.2) is 0 Å². The SMILES string of the molecule is CCOC(=O)/C(=C/CCCSc1cn[nH]n1)CP(=O)(CC(C)C)OCC. The lowest BCUT2D eigenvalue weighted by molar-refractivity contribution is -0.138. The molecule has 0 radical (unpaired) electrons. The Morgan fingerprint density at radius 2 is 2.15 bits per heavy atom. The molecule has 0 aliphatic carbocycles. The molecule has 0 amide bonds. The number of hydrogen-bond donors (Lipinski definition) is 1. The van der Waals surface area contributed by atoms with Crippen molar-refractivity contribution in [2.24, 2.45) is 5.92 Å². The van der Waals surface area contributed by atoms with Crippen LogP contribution in [0.15, 0.2) is 22.9 Å². The number of carbonyl (C=O) groups is 1. The molecule has 0 aliphatic heterocycles. The predicted octanol–water partition coefficient (Wildman–Crippen LogP) is 4.14. The van der Waals surface area contributed by atoms with E-state index in [2.05, 4.69) is 15.4 Å². The van der Waals surface area contributed by atoms with E-state index in [-0.39, 0.29) is 12.1 Å². The summed E-state index contributed by atoms with van der Waals surface area (Å²) in [6.45, 7) is 8.25. The van der Waals surface area contributed by atoms with Gasteiger partial charge in [0.2, 0.25) is 7.37 Å². The second kappa shape index (κ2) is 12.3. The molecule has 1 aromatic heterocycles. The van der Waals surface area contributed by atoms with Gasteiger partial charge in [0.05, 0.1) is 25.6 Å². The van der Waals surface area contributed by atoms with Gasteiger partial charge in [0.25, 0.3) is 0 Å². The van der Waals surface area contributed by atoms with Crippen LogP contribution in [0.1, 0.15) is 40.5 Å². The van der Waals surface area contributed by atoms with Crippen molar-refractivity contribution in [3.05, 3.63) is 17.8 Å². The van der Waals surface area contributed by atoms with E-state index in [4.69, 9.17) is 9.26 Å². The molecule has 0 saturated carbocycles. The molecule has 0 bridgehead atoms. The normalized spacial score (nSPS) is 14.4. The number of carbonyl (C=O) groups excluding carboxylic acids is 1. The van der Waals surface area contributed by atoms with E-state index in [0.29, 0.717) is 31.4 Å². The maximum atomic E-state index is 13.1. The van der Waals surface area contributed by atoms with E-state index < -0.39 is 13.3 Å². The highest BCUT2D eigenvalue weighted by molar-refractivity contribution is 7.99. The van der Waals surface area contributed by atoms with Gasteiger partial charge in [-0.3, -0.25) is 4.57 Å². The first-order chi connectivity index (χ1) is 12.4. The minimum absolute atomic E-state index is 0.133. The van der Waals surface area contributed by atoms with Crippen molar-refractivity contribution >= 4 is 25.1 Å². The van der Waals surface area contributed by atoms with E-state index >= 15 is 0 Å². The Morgan fingerprint density at radius 3 is 2.73 bits per heavy atom. The Bertz CT molecular complexity index is 605. The van der Waals surface area contributed by atoms with Gasteiger partial charge in [0.1, 0.15) is 5.03 Å². The van der Waals surface area contributed by atoms with Crippen LogP contribution in [-0.2, 0) is 18.6 Å². The van der Waals surface area contributed by atoms with E-state index in [0.717, 1.165) is 17.2 Å². The summed E-state index contributed by atoms with van der Waals surface area (Å²) in [5, 5.41) is 11.2. The topological polar surface area (TPSA) is 94.2 Å². The molecule has 1 aromatic rings. The molecule has 0 aromatic carbocycles. The van der Waals surface area contributed by atoms with Crippen LogP contribution in [0, 0.1) is 5.92 Å². The first-order valence-electron chi connectivity index (χ1n) is 8.97. The summed E-state index contributed by atoms with van der Waals surface area (Å²) in [4.78, 5) is 12.3. The number of H-pyrrole nitrogens is 1. The van der Waals surface area contributed by atoms with Crippen LogP contribution < -0.4 is 0 Å². The van der Waals surface area contributed by atoms with Crippen molar-refractivity contribution in [1.29, 1.82) is 0 Å². The summed E-state index contributed by atoms with van der Waals surface area (Å²) in [6.07, 6.45) is 5.67. The van der Waals surface area contributed by atoms with Crippen LogP contribution in [-0.4, -0.2) is 52.7 Å². The summed E-state index contributed by atoms with van der Waals surface area (Å²) in [7, 11) is -2.90. The molecule has 1 N–H and O–H groups in total. The lowest BCUT2D eigenvalue weighted by atomic mass is 10.2. The summed E-state index contributed by atoms with van der Waals surface area (Å²) in [5.41, 5.74) is 0.454. The summed E-state index contributed by atoms with van der Waals surface area (Å²) in [5.74, 6) is 0.684. The lowest BCUT2D eigenvalue weighted by Gasteiger charge is -2.20. The average molecular weight is 403 g/mol. The van der Waals surface area contributed by atoms with Crippen molar-refractivity contribution < 1.29 is 18.6 Å². The Balaban J connectivity index is 2.69. The third-order valence-corrected chi connectivity index (χ3v) is 7.16. The zero-order valence-electron chi connectivity index (χ0n) is 16.1. The summed E-state index contributed by atoms with van der Waals surface area (Å²) >= 11 is 1.60. The Hall–Kier alpha value is -1.11. The molecule has 0 aliphatic rings. The van der Waals surface area contributed by atoms with Crippen molar-refractivity contribution in [1.82, 2.24) is 15.4 Å². The molecule has 26 heavy (non-hydrogen) atoms. The van der Waals surface area contributed by atoms with Crippen molar-refractivity contribution in [2.45, 2.75) is 45.6 Å². The van der Waals surface area contributed by atoms with Crippen LogP contribution in [0.5, 0.6) is 0 Å². The van der Waals surface area contributed by atoms with Crippen LogP contribution >= 0.6 is 19.1 Å². The number of unbranched alkanes of at least 4 members (excludes halogenated alkanes) is 1. The first-order valence-corrected chi connectivity index (χ1v) is 12.0. The standard InChI is InChI=1S/C17H30N3O4PS/c1-5-23-17(21)15(13-25(22,24-6-2)12-14(3)4)9-7-8-10-26-16-11-18-20-19-16/h9,11,14H,5-8,10,12-13H2,1-4H3,(H,18,19,20)/b15-9+. The van der Waals surface area contributed by atoms with Gasteiger partial charge < -0.3 is 9.26 Å². The van der Waals surface area contributed by atoms with Gasteiger partial charge in [-0.1, -0.05) is 19.9 Å². The molecule has 7 nitrogen and oxygen atoms in total. The zero-order valence-corrected chi connectivity index (χ0v) is 17.8. The molecular weight excluding hydrogens is 373 g/mol. The molecule has 148 valence electrons. The number of esters is 1. The fourth-order valence-electron chi connectivity index (χ4n) is 2.45. The molecule has 0 fully saturated rings. The number of hydrogen-bond acceptors (Lipinski definition) is 7. The van der Waals surface area contributed by atoms with E-state index in [1.54, 1.807) is 24.9 Å². The number of nitrogens with one attached hydrogen (secondary N) is 1. The van der Waals surface area contributed by atoms with Crippen LogP contribution in [0.2, 0.25) is 0 Å². The highest BCUT2D eigenvalue weighted by Crippen LogP contribution is 2.50. The number of ether oxygens (including phenoxy) is 1. The monoisotopic (exact) mass is 403 g/mol. The van der Waals surface area contributed by atoms with Crippen molar-refractivity contribution in [3.63, 3.8) is 0 Å². The second-order valence-corrected chi connectivity index (χ2v) is 9.90. The van der Waals surface area contributed by atoms with E-state index in [1.807, 2.05) is 26.8 Å². The minimum Gasteiger partial charge on any atom is -0.463 e. The average Bonchev–Trinajstić information content (AvgIpc) is 3.06. The number of aromatic nitrogens is 3. The molecule has 0 saturated heterocycles. The first kappa shape index (κ1) is 22.9. The second-order valence-electron chi connectivity index (χ2n) is 6.22. The number of allylic oxidation sites excluding steroid dienone is 1. The fraction of sp³-hybridized carbons (Fsp3) is 0.706. The molecule has 9 heteroatoms. The Labute approximate surface area is 160 Å². The predicted molar refractivity (Wildman–Crippen MR) is 105 cm³/mol. The van der Waals surface area contributed by atoms with Crippen molar-refractivity contribution in [3.8, 4) is 0 Å². The maximum Gasteiger partial charge on any atom is 0.334 e. The van der Waals surface area contributed by atoms with Gasteiger partial charge in [-0.05, 0) is 38.4 Å². The van der Waals surface area contributed by atoms with Gasteiger partial charge in [-0.2, -0.15) is 10.3 Å². The van der Waals surface area contributed by atoms with Crippen LogP contribution in [0.3, 0.4) is 0 Å². The molecule has 1 unspecified atom stereocenters. The number of aromatic amines is 1. The third-order valence-electron chi connectivity index (χ3n) is 3.34. The molecular formula is C17H30N3O4PS. The third kappa shape index (κ3) is 9.01. The number of nitrogens with zero attached hydrogens (tertiary/aromatic N) is 2.